The van der Waals surface area contributed by atoms with Crippen LogP contribution in [0.25, 0.3) is 0 Å². The second kappa shape index (κ2) is 10.7. The number of hydrogen-bond acceptors (Lipinski definition) is 6. The zero-order valence-electron chi connectivity index (χ0n) is 14.8. The van der Waals surface area contributed by atoms with E-state index in [-0.39, 0.29) is 12.2 Å². The van der Waals surface area contributed by atoms with Gasteiger partial charge in [-0.05, 0) is 43.0 Å². The van der Waals surface area contributed by atoms with E-state index in [9.17, 15) is 19.5 Å². The lowest BCUT2D eigenvalue weighted by atomic mass is 10.0. The summed E-state index contributed by atoms with van der Waals surface area (Å²) in [6, 6.07) is 3.36. The van der Waals surface area contributed by atoms with Crippen LogP contribution in [0, 0.1) is 0 Å². The normalized spacial score (nSPS) is 14.1. The summed E-state index contributed by atoms with van der Waals surface area (Å²) in [4.78, 5) is 35.6. The average Bonchev–Trinajstić information content (AvgIpc) is 2.60. The van der Waals surface area contributed by atoms with Crippen molar-refractivity contribution in [3.05, 3.63) is 29.8 Å². The Labute approximate surface area is 156 Å². The molecule has 0 saturated carbocycles. The predicted octanol–water partition coefficient (Wildman–Crippen LogP) is 0.0892. The van der Waals surface area contributed by atoms with Gasteiger partial charge in [0, 0.05) is 6.42 Å². The molecule has 6 N–H and O–H groups in total. The third kappa shape index (κ3) is 7.32. The van der Waals surface area contributed by atoms with Gasteiger partial charge in [0.25, 0.3) is 0 Å². The van der Waals surface area contributed by atoms with Crippen LogP contribution in [0.1, 0.15) is 18.9 Å². The molecule has 144 valence electrons. The van der Waals surface area contributed by atoms with Crippen LogP contribution in [-0.2, 0) is 20.8 Å². The smallest absolute Gasteiger partial charge is 0.325 e. The average molecular weight is 383 g/mol. The van der Waals surface area contributed by atoms with Gasteiger partial charge in [-0.1, -0.05) is 12.1 Å². The van der Waals surface area contributed by atoms with Crippen LogP contribution in [0.3, 0.4) is 0 Å². The maximum absolute atomic E-state index is 12.4. The first-order valence-corrected chi connectivity index (χ1v) is 9.50. The van der Waals surface area contributed by atoms with E-state index in [0.29, 0.717) is 17.7 Å². The zero-order valence-corrected chi connectivity index (χ0v) is 15.6. The molecular weight excluding hydrogens is 358 g/mol. The highest BCUT2D eigenvalue weighted by molar-refractivity contribution is 7.98. The highest BCUT2D eigenvalue weighted by Crippen LogP contribution is 2.12. The Morgan fingerprint density at radius 1 is 1.15 bits per heavy atom. The van der Waals surface area contributed by atoms with Crippen LogP contribution in [0.2, 0.25) is 0 Å². The number of rotatable bonds is 10. The number of carbonyl (C=O) groups is 3. The van der Waals surface area contributed by atoms with Gasteiger partial charge >= 0.3 is 5.97 Å². The minimum Gasteiger partial charge on any atom is -0.508 e. The van der Waals surface area contributed by atoms with Crippen molar-refractivity contribution < 1.29 is 24.6 Å². The molecule has 0 spiro atoms. The number of carboxylic acid groups (broad SMARTS) is 1. The van der Waals surface area contributed by atoms with E-state index >= 15 is 0 Å². The highest BCUT2D eigenvalue weighted by atomic mass is 32.2. The van der Waals surface area contributed by atoms with Crippen molar-refractivity contribution >= 4 is 29.5 Å². The minimum atomic E-state index is -1.18. The Kier molecular flexibility index (Phi) is 8.94. The molecule has 0 aliphatic carbocycles. The van der Waals surface area contributed by atoms with E-state index in [0.717, 1.165) is 0 Å². The lowest BCUT2D eigenvalue weighted by Crippen LogP contribution is -2.54. The molecule has 0 fully saturated rings. The molecule has 26 heavy (non-hydrogen) atoms. The molecule has 3 atom stereocenters. The fraction of sp³-hybridized carbons (Fsp3) is 0.471. The summed E-state index contributed by atoms with van der Waals surface area (Å²) >= 11 is 1.56. The van der Waals surface area contributed by atoms with Crippen molar-refractivity contribution in [3.63, 3.8) is 0 Å². The molecule has 1 aromatic rings. The number of hydrogen-bond donors (Lipinski definition) is 5. The molecule has 0 aliphatic rings. The summed E-state index contributed by atoms with van der Waals surface area (Å²) in [7, 11) is 0. The first-order valence-electron chi connectivity index (χ1n) is 8.10. The van der Waals surface area contributed by atoms with Crippen molar-refractivity contribution in [1.82, 2.24) is 10.6 Å². The van der Waals surface area contributed by atoms with Crippen molar-refractivity contribution in [3.8, 4) is 5.75 Å². The Hall–Kier alpha value is -2.26. The number of carboxylic acids is 1. The van der Waals surface area contributed by atoms with E-state index in [2.05, 4.69) is 10.6 Å². The number of aliphatic carboxylic acids is 1. The fourth-order valence-electron chi connectivity index (χ4n) is 2.11. The molecule has 0 radical (unpaired) electrons. The highest BCUT2D eigenvalue weighted by Gasteiger charge is 2.26. The number of nitrogens with one attached hydrogen (secondary N) is 2. The summed E-state index contributed by atoms with van der Waals surface area (Å²) in [5, 5.41) is 23.2. The summed E-state index contributed by atoms with van der Waals surface area (Å²) < 4.78 is 0. The fourth-order valence-corrected chi connectivity index (χ4v) is 2.60. The van der Waals surface area contributed by atoms with Gasteiger partial charge < -0.3 is 26.6 Å². The van der Waals surface area contributed by atoms with Crippen molar-refractivity contribution in [2.75, 3.05) is 12.0 Å². The molecule has 8 nitrogen and oxygen atoms in total. The number of aromatic hydroxyl groups is 1. The van der Waals surface area contributed by atoms with E-state index in [4.69, 9.17) is 10.8 Å². The van der Waals surface area contributed by atoms with Gasteiger partial charge in [0.05, 0.1) is 6.04 Å². The van der Waals surface area contributed by atoms with Gasteiger partial charge in [-0.15, -0.1) is 0 Å². The molecule has 9 heteroatoms. The molecule has 1 rings (SSSR count). The quantitative estimate of drug-likeness (QED) is 0.385. The Bertz CT molecular complexity index is 623. The molecule has 0 bridgehead atoms. The van der Waals surface area contributed by atoms with Crippen molar-refractivity contribution in [2.24, 2.45) is 5.73 Å². The second-order valence-corrected chi connectivity index (χ2v) is 6.87. The summed E-state index contributed by atoms with van der Waals surface area (Å²) in [5.41, 5.74) is 6.53. The molecule has 1 aromatic carbocycles. The van der Waals surface area contributed by atoms with Crippen LogP contribution in [0.5, 0.6) is 5.75 Å². The third-order valence-corrected chi connectivity index (χ3v) is 4.35. The molecule has 2 amide bonds. The number of amides is 2. The number of carbonyl (C=O) groups excluding carboxylic acids is 2. The Balaban J connectivity index is 2.86. The number of phenols is 1. The van der Waals surface area contributed by atoms with E-state index in [1.807, 2.05) is 6.26 Å². The number of phenolic OH excluding ortho intramolecular Hbond substituents is 1. The lowest BCUT2D eigenvalue weighted by molar-refractivity contribution is -0.141. The van der Waals surface area contributed by atoms with Crippen LogP contribution in [0.4, 0.5) is 0 Å². The van der Waals surface area contributed by atoms with E-state index < -0.39 is 35.9 Å². The summed E-state index contributed by atoms with van der Waals surface area (Å²) in [6.45, 7) is 1.34. The SMILES string of the molecule is CSCCC(N)C(=O)NC(Cc1ccc(O)cc1)C(=O)NC(C)C(=O)O. The maximum Gasteiger partial charge on any atom is 0.325 e. The summed E-state index contributed by atoms with van der Waals surface area (Å²) in [6.07, 6.45) is 2.50. The minimum absolute atomic E-state index is 0.0809. The van der Waals surface area contributed by atoms with Crippen molar-refractivity contribution in [1.29, 1.82) is 0 Å². The van der Waals surface area contributed by atoms with Crippen LogP contribution >= 0.6 is 11.8 Å². The Morgan fingerprint density at radius 2 is 1.77 bits per heavy atom. The predicted molar refractivity (Wildman–Crippen MR) is 100.0 cm³/mol. The van der Waals surface area contributed by atoms with Gasteiger partial charge in [0.2, 0.25) is 11.8 Å². The van der Waals surface area contributed by atoms with E-state index in [1.165, 1.54) is 19.1 Å². The lowest BCUT2D eigenvalue weighted by Gasteiger charge is -2.22. The topological polar surface area (TPSA) is 142 Å². The van der Waals surface area contributed by atoms with Gasteiger partial charge in [0.15, 0.2) is 0 Å². The monoisotopic (exact) mass is 383 g/mol. The largest absolute Gasteiger partial charge is 0.508 e. The van der Waals surface area contributed by atoms with E-state index in [1.54, 1.807) is 23.9 Å². The molecule has 0 heterocycles. The molecule has 0 aliphatic heterocycles. The van der Waals surface area contributed by atoms with Gasteiger partial charge in [-0.3, -0.25) is 14.4 Å². The molecular formula is C17H25N3O5S. The Morgan fingerprint density at radius 3 is 2.31 bits per heavy atom. The zero-order chi connectivity index (χ0) is 19.7. The van der Waals surface area contributed by atoms with Crippen LogP contribution < -0.4 is 16.4 Å². The second-order valence-electron chi connectivity index (χ2n) is 5.89. The number of thioether (sulfide) groups is 1. The summed E-state index contributed by atoms with van der Waals surface area (Å²) in [5.74, 6) is -1.47. The first kappa shape index (κ1) is 21.8. The van der Waals surface area contributed by atoms with Crippen LogP contribution in [-0.4, -0.2) is 58.1 Å². The van der Waals surface area contributed by atoms with Gasteiger partial charge in [0.1, 0.15) is 17.8 Å². The van der Waals surface area contributed by atoms with Crippen molar-refractivity contribution in [2.45, 2.75) is 37.9 Å². The third-order valence-electron chi connectivity index (χ3n) is 3.71. The number of nitrogens with two attached hydrogens (primary N) is 1. The van der Waals surface area contributed by atoms with Gasteiger partial charge in [-0.2, -0.15) is 11.8 Å². The van der Waals surface area contributed by atoms with Gasteiger partial charge in [-0.25, -0.2) is 0 Å². The molecule has 0 saturated heterocycles. The first-order chi connectivity index (χ1) is 12.2. The standard InChI is InChI=1S/C17H25N3O5S/c1-10(17(24)25)19-16(23)14(9-11-3-5-12(21)6-4-11)20-15(22)13(18)7-8-26-2/h3-6,10,13-14,21H,7-9,18H2,1-2H3,(H,19,23)(H,20,22)(H,24,25). The van der Waals surface area contributed by atoms with Crippen LogP contribution in [0.15, 0.2) is 24.3 Å². The molecule has 0 aromatic heterocycles. The molecule has 3 unspecified atom stereocenters. The number of benzene rings is 1. The maximum atomic E-state index is 12.4.